The molecule has 2 fully saturated rings. The third kappa shape index (κ3) is 2.68. The van der Waals surface area contributed by atoms with Gasteiger partial charge in [-0.3, -0.25) is 9.69 Å². The van der Waals surface area contributed by atoms with E-state index in [0.717, 1.165) is 19.5 Å². The van der Waals surface area contributed by atoms with Gasteiger partial charge in [-0.1, -0.05) is 6.92 Å². The molecule has 2 aliphatic rings. The van der Waals surface area contributed by atoms with Crippen LogP contribution in [-0.4, -0.2) is 55.6 Å². The van der Waals surface area contributed by atoms with Crippen molar-refractivity contribution in [2.75, 3.05) is 26.8 Å². The largest absolute Gasteiger partial charge is 0.469 e. The van der Waals surface area contributed by atoms with Crippen molar-refractivity contribution in [1.29, 1.82) is 0 Å². The van der Waals surface area contributed by atoms with Crippen molar-refractivity contribution in [3.8, 4) is 0 Å². The second kappa shape index (κ2) is 5.55. The molecule has 0 spiro atoms. The molecule has 0 aromatic rings. The van der Waals surface area contributed by atoms with Crippen LogP contribution >= 0.6 is 0 Å². The SMILES string of the molecule is CCN1CCCC1C1(C)OCC(CC(=O)OC)O1. The van der Waals surface area contributed by atoms with E-state index in [1.54, 1.807) is 0 Å². The molecule has 18 heavy (non-hydrogen) atoms. The summed E-state index contributed by atoms with van der Waals surface area (Å²) in [4.78, 5) is 13.6. The lowest BCUT2D eigenvalue weighted by molar-refractivity contribution is -0.193. The van der Waals surface area contributed by atoms with Gasteiger partial charge in [0.2, 0.25) is 0 Å². The molecule has 2 saturated heterocycles. The summed E-state index contributed by atoms with van der Waals surface area (Å²) in [7, 11) is 1.40. The second-order valence-electron chi connectivity index (χ2n) is 5.13. The molecule has 0 radical (unpaired) electrons. The Morgan fingerprint density at radius 2 is 2.33 bits per heavy atom. The third-order valence-electron chi connectivity index (χ3n) is 3.95. The van der Waals surface area contributed by atoms with Crippen molar-refractivity contribution in [3.63, 3.8) is 0 Å². The van der Waals surface area contributed by atoms with Gasteiger partial charge in [0.25, 0.3) is 0 Å². The lowest BCUT2D eigenvalue weighted by Gasteiger charge is -2.35. The minimum Gasteiger partial charge on any atom is -0.469 e. The first kappa shape index (κ1) is 13.8. The van der Waals surface area contributed by atoms with Gasteiger partial charge in [-0.15, -0.1) is 0 Å². The van der Waals surface area contributed by atoms with Crippen molar-refractivity contribution in [2.45, 2.75) is 51.0 Å². The van der Waals surface area contributed by atoms with Gasteiger partial charge in [-0.25, -0.2) is 0 Å². The molecule has 3 atom stereocenters. The van der Waals surface area contributed by atoms with E-state index < -0.39 is 5.79 Å². The summed E-state index contributed by atoms with van der Waals surface area (Å²) in [5.74, 6) is -0.822. The first-order valence-electron chi connectivity index (χ1n) is 6.71. The topological polar surface area (TPSA) is 48.0 Å². The molecule has 0 N–H and O–H groups in total. The summed E-state index contributed by atoms with van der Waals surface area (Å²) < 4.78 is 16.5. The van der Waals surface area contributed by atoms with E-state index in [2.05, 4.69) is 16.6 Å². The maximum atomic E-state index is 11.3. The maximum absolute atomic E-state index is 11.3. The number of hydrogen-bond donors (Lipinski definition) is 0. The number of methoxy groups -OCH3 is 1. The van der Waals surface area contributed by atoms with Crippen molar-refractivity contribution >= 4 is 5.97 Å². The molecule has 3 unspecified atom stereocenters. The number of ether oxygens (including phenoxy) is 3. The highest BCUT2D eigenvalue weighted by Gasteiger charge is 2.48. The van der Waals surface area contributed by atoms with Crippen LogP contribution in [0.4, 0.5) is 0 Å². The molecule has 0 bridgehead atoms. The van der Waals surface area contributed by atoms with Gasteiger partial charge in [-0.2, -0.15) is 0 Å². The smallest absolute Gasteiger partial charge is 0.308 e. The summed E-state index contributed by atoms with van der Waals surface area (Å²) >= 11 is 0. The summed E-state index contributed by atoms with van der Waals surface area (Å²) in [5, 5.41) is 0. The van der Waals surface area contributed by atoms with Gasteiger partial charge in [0.15, 0.2) is 5.79 Å². The molecule has 104 valence electrons. The van der Waals surface area contributed by atoms with Crippen molar-refractivity contribution < 1.29 is 19.0 Å². The zero-order chi connectivity index (χ0) is 13.2. The average Bonchev–Trinajstić information content (AvgIpc) is 2.96. The molecule has 2 aliphatic heterocycles. The van der Waals surface area contributed by atoms with Crippen LogP contribution in [0.2, 0.25) is 0 Å². The van der Waals surface area contributed by atoms with E-state index >= 15 is 0 Å². The molecule has 0 aliphatic carbocycles. The van der Waals surface area contributed by atoms with Crippen LogP contribution in [0, 0.1) is 0 Å². The Hall–Kier alpha value is -0.650. The van der Waals surface area contributed by atoms with Crippen LogP contribution in [0.1, 0.15) is 33.1 Å². The van der Waals surface area contributed by atoms with Gasteiger partial charge in [-0.05, 0) is 32.9 Å². The lowest BCUT2D eigenvalue weighted by atomic mass is 10.1. The van der Waals surface area contributed by atoms with Crippen LogP contribution in [0.3, 0.4) is 0 Å². The standard InChI is InChI=1S/C13H23NO4/c1-4-14-7-5-6-11(14)13(2)17-9-10(18-13)8-12(15)16-3/h10-11H,4-9H2,1-3H3. The van der Waals surface area contributed by atoms with Gasteiger partial charge >= 0.3 is 5.97 Å². The summed E-state index contributed by atoms with van der Waals surface area (Å²) in [6, 6.07) is 0.296. The number of esters is 1. The Morgan fingerprint density at radius 3 is 3.00 bits per heavy atom. The number of hydrogen-bond acceptors (Lipinski definition) is 5. The molecule has 2 rings (SSSR count). The Balaban J connectivity index is 1.95. The highest BCUT2D eigenvalue weighted by atomic mass is 16.7. The first-order valence-corrected chi connectivity index (χ1v) is 6.71. The van der Waals surface area contributed by atoms with Crippen LogP contribution in [-0.2, 0) is 19.0 Å². The highest BCUT2D eigenvalue weighted by Crippen LogP contribution is 2.36. The zero-order valence-corrected chi connectivity index (χ0v) is 11.5. The third-order valence-corrected chi connectivity index (χ3v) is 3.95. The maximum Gasteiger partial charge on any atom is 0.308 e. The van der Waals surface area contributed by atoms with Gasteiger partial charge in [0.1, 0.15) is 0 Å². The number of likely N-dealkylation sites (N-methyl/N-ethyl adjacent to an activating group) is 1. The van der Waals surface area contributed by atoms with Crippen LogP contribution < -0.4 is 0 Å². The fraction of sp³-hybridized carbons (Fsp3) is 0.923. The lowest BCUT2D eigenvalue weighted by Crippen LogP contribution is -2.48. The van der Waals surface area contributed by atoms with Crippen LogP contribution in [0.15, 0.2) is 0 Å². The molecule has 0 aromatic carbocycles. The molecule has 0 saturated carbocycles. The van der Waals surface area contributed by atoms with Crippen molar-refractivity contribution in [1.82, 2.24) is 4.90 Å². The van der Waals surface area contributed by atoms with E-state index in [4.69, 9.17) is 9.47 Å². The normalized spacial score (nSPS) is 37.1. The monoisotopic (exact) mass is 257 g/mol. The Morgan fingerprint density at radius 1 is 1.56 bits per heavy atom. The number of carbonyl (C=O) groups is 1. The molecular weight excluding hydrogens is 234 g/mol. The molecule has 5 heteroatoms. The highest BCUT2D eigenvalue weighted by molar-refractivity contribution is 5.69. The summed E-state index contributed by atoms with van der Waals surface area (Å²) in [6.07, 6.45) is 2.37. The number of rotatable bonds is 4. The number of carbonyl (C=O) groups excluding carboxylic acids is 1. The molecule has 0 aromatic heterocycles. The number of nitrogens with zero attached hydrogens (tertiary/aromatic N) is 1. The first-order chi connectivity index (χ1) is 8.59. The molecule has 2 heterocycles. The predicted octanol–water partition coefficient (Wildman–Crippen LogP) is 1.17. The zero-order valence-electron chi connectivity index (χ0n) is 11.5. The quantitative estimate of drug-likeness (QED) is 0.707. The fourth-order valence-corrected chi connectivity index (χ4v) is 3.00. The Kier molecular flexibility index (Phi) is 4.25. The minimum atomic E-state index is -0.578. The van der Waals surface area contributed by atoms with Crippen molar-refractivity contribution in [2.24, 2.45) is 0 Å². The number of likely N-dealkylation sites (tertiary alicyclic amines) is 1. The van der Waals surface area contributed by atoms with E-state index in [1.807, 2.05) is 6.92 Å². The summed E-state index contributed by atoms with van der Waals surface area (Å²) in [6.45, 7) is 6.73. The second-order valence-corrected chi connectivity index (χ2v) is 5.13. The molecule has 0 amide bonds. The molecule has 5 nitrogen and oxygen atoms in total. The van der Waals surface area contributed by atoms with Crippen LogP contribution in [0.5, 0.6) is 0 Å². The Labute approximate surface area is 108 Å². The minimum absolute atomic E-state index is 0.179. The fourth-order valence-electron chi connectivity index (χ4n) is 3.00. The summed E-state index contributed by atoms with van der Waals surface area (Å²) in [5.41, 5.74) is 0. The average molecular weight is 257 g/mol. The van der Waals surface area contributed by atoms with Crippen molar-refractivity contribution in [3.05, 3.63) is 0 Å². The van der Waals surface area contributed by atoms with E-state index in [-0.39, 0.29) is 18.5 Å². The van der Waals surface area contributed by atoms with E-state index in [0.29, 0.717) is 12.6 Å². The Bertz CT molecular complexity index is 309. The molecular formula is C13H23NO4. The van der Waals surface area contributed by atoms with Gasteiger partial charge < -0.3 is 14.2 Å². The van der Waals surface area contributed by atoms with Crippen LogP contribution in [0.25, 0.3) is 0 Å². The van der Waals surface area contributed by atoms with Gasteiger partial charge in [0.05, 0.1) is 32.3 Å². The van der Waals surface area contributed by atoms with Gasteiger partial charge in [0, 0.05) is 0 Å². The predicted molar refractivity (Wildman–Crippen MR) is 66.1 cm³/mol. The van der Waals surface area contributed by atoms with E-state index in [9.17, 15) is 4.79 Å². The van der Waals surface area contributed by atoms with E-state index in [1.165, 1.54) is 13.5 Å².